The van der Waals surface area contributed by atoms with Crippen molar-refractivity contribution in [1.82, 2.24) is 0 Å². The van der Waals surface area contributed by atoms with Gasteiger partial charge in [-0.2, -0.15) is 0 Å². The van der Waals surface area contributed by atoms with E-state index >= 15 is 0 Å². The van der Waals surface area contributed by atoms with Gasteiger partial charge in [0, 0.05) is 16.8 Å². The highest BCUT2D eigenvalue weighted by Crippen LogP contribution is 2.32. The number of hydrogen-bond acceptors (Lipinski definition) is 3. The fourth-order valence-corrected chi connectivity index (χ4v) is 2.81. The van der Waals surface area contributed by atoms with E-state index in [1.807, 2.05) is 60.7 Å². The molecule has 0 spiro atoms. The lowest BCUT2D eigenvalue weighted by Gasteiger charge is -2.06. The molecule has 0 aliphatic carbocycles. The molecule has 0 aliphatic heterocycles. The summed E-state index contributed by atoms with van der Waals surface area (Å²) in [6.45, 7) is 0. The molecule has 0 atom stereocenters. The van der Waals surface area contributed by atoms with Crippen molar-refractivity contribution in [2.75, 3.05) is 5.32 Å². The summed E-state index contributed by atoms with van der Waals surface area (Å²) < 4.78 is 19.2. The van der Waals surface area contributed by atoms with Gasteiger partial charge < -0.3 is 9.73 Å². The summed E-state index contributed by atoms with van der Waals surface area (Å²) in [6.07, 6.45) is 0. The van der Waals surface area contributed by atoms with Crippen LogP contribution >= 0.6 is 0 Å². The minimum Gasteiger partial charge on any atom is -0.440 e. The Balaban J connectivity index is 1.77. The van der Waals surface area contributed by atoms with Gasteiger partial charge in [0.2, 0.25) is 5.88 Å². The first-order valence-corrected chi connectivity index (χ1v) is 8.52. The monoisotopic (exact) mass is 357 g/mol. The van der Waals surface area contributed by atoms with E-state index < -0.39 is 0 Å². The van der Waals surface area contributed by atoms with Crippen LogP contribution in [0.4, 0.5) is 16.0 Å². The highest BCUT2D eigenvalue weighted by atomic mass is 19.1. The number of hydrogen-bond donors (Lipinski definition) is 1. The fourth-order valence-electron chi connectivity index (χ4n) is 2.81. The molecule has 3 aromatic carbocycles. The average molecular weight is 357 g/mol. The Morgan fingerprint density at radius 3 is 2.11 bits per heavy atom. The number of anilines is 2. The summed E-state index contributed by atoms with van der Waals surface area (Å²) in [5.41, 5.74) is 2.46. The molecule has 3 nitrogen and oxygen atoms in total. The number of halogens is 1. The maximum absolute atomic E-state index is 13.2. The van der Waals surface area contributed by atoms with Crippen LogP contribution in [0.1, 0.15) is 15.9 Å². The highest BCUT2D eigenvalue weighted by Gasteiger charge is 2.20. The van der Waals surface area contributed by atoms with Gasteiger partial charge in [0.05, 0.1) is 5.56 Å². The molecule has 4 rings (SSSR count). The second-order valence-corrected chi connectivity index (χ2v) is 6.05. The minimum atomic E-state index is -0.383. The van der Waals surface area contributed by atoms with Gasteiger partial charge in [0.25, 0.3) is 0 Å². The number of carbonyl (C=O) groups excluding carboxylic acids is 1. The number of nitrogens with one attached hydrogen (secondary N) is 1. The third-order valence-corrected chi connectivity index (χ3v) is 4.17. The average Bonchev–Trinajstić information content (AvgIpc) is 3.13. The van der Waals surface area contributed by atoms with Crippen LogP contribution in [-0.2, 0) is 0 Å². The number of benzene rings is 3. The predicted molar refractivity (Wildman–Crippen MR) is 104 cm³/mol. The second-order valence-electron chi connectivity index (χ2n) is 6.05. The summed E-state index contributed by atoms with van der Waals surface area (Å²) in [7, 11) is 0. The van der Waals surface area contributed by atoms with Crippen molar-refractivity contribution in [3.8, 4) is 11.3 Å². The standard InChI is InChI=1S/C23H16FNO2/c24-18-13-11-17(12-14-18)22(26)20-15-21(16-7-3-1-4-8-16)27-23(20)25-19-9-5-2-6-10-19/h1-15,25H. The lowest BCUT2D eigenvalue weighted by molar-refractivity contribution is 0.103. The normalized spacial score (nSPS) is 10.6. The van der Waals surface area contributed by atoms with Gasteiger partial charge in [0.15, 0.2) is 5.78 Å². The van der Waals surface area contributed by atoms with E-state index in [1.54, 1.807) is 6.07 Å². The molecule has 1 heterocycles. The zero-order valence-corrected chi connectivity index (χ0v) is 14.4. The summed E-state index contributed by atoms with van der Waals surface area (Å²) in [5.74, 6) is 0.319. The van der Waals surface area contributed by atoms with Crippen LogP contribution in [0, 0.1) is 5.82 Å². The number of carbonyl (C=O) groups is 1. The number of ketones is 1. The van der Waals surface area contributed by atoms with Gasteiger partial charge in [-0.25, -0.2) is 4.39 Å². The van der Waals surface area contributed by atoms with E-state index in [0.717, 1.165) is 11.3 Å². The molecule has 0 aliphatic rings. The molecule has 1 N–H and O–H groups in total. The van der Waals surface area contributed by atoms with Crippen molar-refractivity contribution in [2.45, 2.75) is 0 Å². The molecular formula is C23H16FNO2. The van der Waals surface area contributed by atoms with E-state index in [9.17, 15) is 9.18 Å². The first kappa shape index (κ1) is 16.8. The van der Waals surface area contributed by atoms with Crippen molar-refractivity contribution in [3.05, 3.63) is 108 Å². The van der Waals surface area contributed by atoms with E-state index in [4.69, 9.17) is 4.42 Å². The Hall–Kier alpha value is -3.66. The van der Waals surface area contributed by atoms with Crippen LogP contribution in [0.2, 0.25) is 0 Å². The predicted octanol–water partition coefficient (Wildman–Crippen LogP) is 6.06. The minimum absolute atomic E-state index is 0.237. The zero-order chi connectivity index (χ0) is 18.6. The van der Waals surface area contributed by atoms with E-state index in [0.29, 0.717) is 22.8 Å². The Morgan fingerprint density at radius 1 is 0.815 bits per heavy atom. The van der Waals surface area contributed by atoms with Gasteiger partial charge >= 0.3 is 0 Å². The molecule has 0 saturated carbocycles. The molecule has 0 bridgehead atoms. The molecule has 4 heteroatoms. The first-order chi connectivity index (χ1) is 13.2. The van der Waals surface area contributed by atoms with Gasteiger partial charge in [-0.3, -0.25) is 4.79 Å². The number of furan rings is 1. The maximum Gasteiger partial charge on any atom is 0.209 e. The number of para-hydroxylation sites is 1. The van der Waals surface area contributed by atoms with Crippen molar-refractivity contribution < 1.29 is 13.6 Å². The SMILES string of the molecule is O=C(c1ccc(F)cc1)c1cc(-c2ccccc2)oc1Nc1ccccc1. The van der Waals surface area contributed by atoms with Crippen molar-refractivity contribution in [3.63, 3.8) is 0 Å². The van der Waals surface area contributed by atoms with Gasteiger partial charge in [-0.05, 0) is 42.5 Å². The molecule has 1 aromatic heterocycles. The Bertz CT molecular complexity index is 1050. The van der Waals surface area contributed by atoms with Crippen LogP contribution in [-0.4, -0.2) is 5.78 Å². The lowest BCUT2D eigenvalue weighted by Crippen LogP contribution is -2.03. The Morgan fingerprint density at radius 2 is 1.44 bits per heavy atom. The van der Waals surface area contributed by atoms with Crippen molar-refractivity contribution in [2.24, 2.45) is 0 Å². The topological polar surface area (TPSA) is 42.2 Å². The Kier molecular flexibility index (Phi) is 4.54. The van der Waals surface area contributed by atoms with E-state index in [1.165, 1.54) is 24.3 Å². The molecule has 132 valence electrons. The molecule has 0 fully saturated rings. The quantitative estimate of drug-likeness (QED) is 0.441. The zero-order valence-electron chi connectivity index (χ0n) is 14.4. The van der Waals surface area contributed by atoms with Crippen molar-refractivity contribution >= 4 is 17.4 Å². The smallest absolute Gasteiger partial charge is 0.209 e. The molecular weight excluding hydrogens is 341 g/mol. The van der Waals surface area contributed by atoms with E-state index in [2.05, 4.69) is 5.32 Å². The summed E-state index contributed by atoms with van der Waals surface area (Å²) in [5, 5.41) is 3.16. The lowest BCUT2D eigenvalue weighted by atomic mass is 10.0. The first-order valence-electron chi connectivity index (χ1n) is 8.52. The van der Waals surface area contributed by atoms with Crippen LogP contribution in [0.25, 0.3) is 11.3 Å². The van der Waals surface area contributed by atoms with Gasteiger partial charge in [-0.1, -0.05) is 48.5 Å². The van der Waals surface area contributed by atoms with Crippen LogP contribution in [0.15, 0.2) is 95.4 Å². The summed E-state index contributed by atoms with van der Waals surface area (Å²) >= 11 is 0. The number of rotatable bonds is 5. The van der Waals surface area contributed by atoms with Crippen LogP contribution in [0.3, 0.4) is 0 Å². The van der Waals surface area contributed by atoms with Gasteiger partial charge in [-0.15, -0.1) is 0 Å². The molecule has 0 saturated heterocycles. The summed E-state index contributed by atoms with van der Waals surface area (Å²) in [4.78, 5) is 13.0. The fraction of sp³-hybridized carbons (Fsp3) is 0. The van der Waals surface area contributed by atoms with Gasteiger partial charge in [0.1, 0.15) is 11.6 Å². The molecule has 0 amide bonds. The molecule has 0 unspecified atom stereocenters. The molecule has 4 aromatic rings. The van der Waals surface area contributed by atoms with Crippen LogP contribution < -0.4 is 5.32 Å². The second kappa shape index (κ2) is 7.30. The summed E-state index contributed by atoms with van der Waals surface area (Å²) in [6, 6.07) is 26.2. The molecule has 27 heavy (non-hydrogen) atoms. The highest BCUT2D eigenvalue weighted by molar-refractivity contribution is 6.12. The largest absolute Gasteiger partial charge is 0.440 e. The maximum atomic E-state index is 13.2. The third-order valence-electron chi connectivity index (χ3n) is 4.17. The molecule has 0 radical (unpaired) electrons. The van der Waals surface area contributed by atoms with Crippen LogP contribution in [0.5, 0.6) is 0 Å². The van der Waals surface area contributed by atoms with Crippen molar-refractivity contribution in [1.29, 1.82) is 0 Å². The Labute approximate surface area is 156 Å². The third kappa shape index (κ3) is 3.65. The van der Waals surface area contributed by atoms with E-state index in [-0.39, 0.29) is 11.6 Å².